The molecule has 1 aromatic carbocycles. The van der Waals surface area contributed by atoms with E-state index in [0.29, 0.717) is 12.5 Å². The Morgan fingerprint density at radius 3 is 3.19 bits per heavy atom. The molecule has 0 saturated heterocycles. The highest BCUT2D eigenvalue weighted by Crippen LogP contribution is 2.35. The summed E-state index contributed by atoms with van der Waals surface area (Å²) >= 11 is 1.50. The number of fused-ring (bicyclic) bond motifs is 1. The lowest BCUT2D eigenvalue weighted by molar-refractivity contribution is -0.137. The summed E-state index contributed by atoms with van der Waals surface area (Å²) in [5.74, 6) is 0.245. The summed E-state index contributed by atoms with van der Waals surface area (Å²) in [5, 5.41) is 0. The predicted octanol–water partition coefficient (Wildman–Crippen LogP) is 3.82. The van der Waals surface area contributed by atoms with Crippen molar-refractivity contribution >= 4 is 23.4 Å². The van der Waals surface area contributed by atoms with E-state index in [2.05, 4.69) is 29.2 Å². The third kappa shape index (κ3) is 3.58. The van der Waals surface area contributed by atoms with E-state index in [0.717, 1.165) is 24.1 Å². The van der Waals surface area contributed by atoms with Gasteiger partial charge in [0.25, 0.3) is 0 Å². The van der Waals surface area contributed by atoms with Crippen LogP contribution < -0.4 is 0 Å². The van der Waals surface area contributed by atoms with E-state index in [4.69, 9.17) is 4.74 Å². The summed E-state index contributed by atoms with van der Waals surface area (Å²) in [7, 11) is 0. The zero-order valence-corrected chi connectivity index (χ0v) is 12.5. The van der Waals surface area contributed by atoms with Gasteiger partial charge in [-0.05, 0) is 42.4 Å². The lowest BCUT2D eigenvalue weighted by Crippen LogP contribution is -2.05. The fraction of sp³-hybridized carbons (Fsp3) is 0.294. The van der Waals surface area contributed by atoms with Crippen molar-refractivity contribution in [2.75, 3.05) is 6.61 Å². The van der Waals surface area contributed by atoms with Gasteiger partial charge < -0.3 is 4.74 Å². The van der Waals surface area contributed by atoms with Gasteiger partial charge in [-0.25, -0.2) is 4.79 Å². The maximum absolute atomic E-state index is 11.6. The molecule has 1 aliphatic carbocycles. The van der Waals surface area contributed by atoms with Crippen molar-refractivity contribution in [1.29, 1.82) is 0 Å². The molecule has 2 aromatic rings. The molecule has 1 atom stereocenters. The van der Waals surface area contributed by atoms with E-state index in [1.807, 2.05) is 0 Å². The van der Waals surface area contributed by atoms with Gasteiger partial charge in [0.2, 0.25) is 0 Å². The van der Waals surface area contributed by atoms with Crippen LogP contribution in [0.4, 0.5) is 0 Å². The van der Waals surface area contributed by atoms with Crippen LogP contribution in [0.2, 0.25) is 0 Å². The van der Waals surface area contributed by atoms with Crippen molar-refractivity contribution in [2.45, 2.75) is 25.2 Å². The van der Waals surface area contributed by atoms with E-state index in [1.165, 1.54) is 28.5 Å². The van der Waals surface area contributed by atoms with Crippen molar-refractivity contribution in [2.24, 2.45) is 0 Å². The largest absolute Gasteiger partial charge is 0.463 e. The Hall–Kier alpha value is -1.94. The number of aryl methyl sites for hydroxylation is 1. The molecule has 21 heavy (non-hydrogen) atoms. The Bertz CT molecular complexity index is 634. The van der Waals surface area contributed by atoms with Crippen molar-refractivity contribution in [3.63, 3.8) is 0 Å². The average Bonchev–Trinajstić information content (AvgIpc) is 3.15. The first-order valence-electron chi connectivity index (χ1n) is 7.14. The van der Waals surface area contributed by atoms with Gasteiger partial charge in [-0.1, -0.05) is 24.3 Å². The summed E-state index contributed by atoms with van der Waals surface area (Å²) in [4.78, 5) is 16.5. The van der Waals surface area contributed by atoms with E-state index >= 15 is 0 Å². The lowest BCUT2D eigenvalue weighted by Gasteiger charge is -2.11. The van der Waals surface area contributed by atoms with Crippen LogP contribution in [0, 0.1) is 0 Å². The van der Waals surface area contributed by atoms with E-state index in [-0.39, 0.29) is 5.97 Å². The summed E-state index contributed by atoms with van der Waals surface area (Å²) in [6, 6.07) is 8.56. The fourth-order valence-corrected chi connectivity index (χ4v) is 3.26. The molecule has 0 N–H and O–H groups in total. The SMILES string of the molecule is O=C(/C=C/c1cncs1)OCCC1CCc2ccccc21. The number of ether oxygens (including phenoxy) is 1. The first-order valence-corrected chi connectivity index (χ1v) is 8.02. The highest BCUT2D eigenvalue weighted by molar-refractivity contribution is 7.10. The number of thiazole rings is 1. The first-order chi connectivity index (χ1) is 10.3. The molecule has 0 spiro atoms. The standard InChI is InChI=1S/C17H17NO2S/c19-17(8-7-15-11-18-12-21-15)20-10-9-14-6-5-13-3-1-2-4-16(13)14/h1-4,7-8,11-12,14H,5-6,9-10H2/b8-7+. The van der Waals surface area contributed by atoms with E-state index in [1.54, 1.807) is 17.8 Å². The van der Waals surface area contributed by atoms with Crippen molar-refractivity contribution < 1.29 is 9.53 Å². The third-order valence-corrected chi connectivity index (χ3v) is 4.54. The molecule has 0 saturated carbocycles. The van der Waals surface area contributed by atoms with Gasteiger partial charge >= 0.3 is 5.97 Å². The molecule has 1 unspecified atom stereocenters. The lowest BCUT2D eigenvalue weighted by atomic mass is 9.98. The average molecular weight is 299 g/mol. The third-order valence-electron chi connectivity index (χ3n) is 3.80. The highest BCUT2D eigenvalue weighted by atomic mass is 32.1. The summed E-state index contributed by atoms with van der Waals surface area (Å²) in [5.41, 5.74) is 4.61. The van der Waals surface area contributed by atoms with E-state index in [9.17, 15) is 4.79 Å². The summed E-state index contributed by atoms with van der Waals surface area (Å²) in [6.07, 6.45) is 8.13. The first kappa shape index (κ1) is 14.0. The molecule has 3 nitrogen and oxygen atoms in total. The fourth-order valence-electron chi connectivity index (χ4n) is 2.75. The number of carbonyl (C=O) groups excluding carboxylic acids is 1. The minimum Gasteiger partial charge on any atom is -0.463 e. The van der Waals surface area contributed by atoms with E-state index < -0.39 is 0 Å². The Balaban J connectivity index is 1.45. The molecule has 0 bridgehead atoms. The van der Waals surface area contributed by atoms with Crippen LogP contribution in [0.1, 0.15) is 34.8 Å². The van der Waals surface area contributed by atoms with Crippen LogP contribution in [0.15, 0.2) is 42.0 Å². The highest BCUT2D eigenvalue weighted by Gasteiger charge is 2.21. The molecule has 1 heterocycles. The van der Waals surface area contributed by atoms with Gasteiger partial charge in [0.15, 0.2) is 0 Å². The van der Waals surface area contributed by atoms with Crippen LogP contribution in [0.5, 0.6) is 0 Å². The van der Waals surface area contributed by atoms with Crippen molar-refractivity contribution in [3.8, 4) is 0 Å². The van der Waals surface area contributed by atoms with Crippen LogP contribution in [0.3, 0.4) is 0 Å². The number of aromatic nitrogens is 1. The normalized spacial score (nSPS) is 17.0. The number of rotatable bonds is 5. The molecule has 0 radical (unpaired) electrons. The molecule has 1 aromatic heterocycles. The topological polar surface area (TPSA) is 39.2 Å². The van der Waals surface area contributed by atoms with Crippen LogP contribution in [0.25, 0.3) is 6.08 Å². The van der Waals surface area contributed by atoms with Gasteiger partial charge in [0.1, 0.15) is 0 Å². The van der Waals surface area contributed by atoms with Gasteiger partial charge in [-0.2, -0.15) is 0 Å². The summed E-state index contributed by atoms with van der Waals surface area (Å²) < 4.78 is 5.28. The number of hydrogen-bond acceptors (Lipinski definition) is 4. The Kier molecular flexibility index (Phi) is 4.46. The molecular weight excluding hydrogens is 282 g/mol. The molecule has 4 heteroatoms. The second-order valence-corrected chi connectivity index (χ2v) is 6.05. The number of benzene rings is 1. The smallest absolute Gasteiger partial charge is 0.330 e. The van der Waals surface area contributed by atoms with Crippen molar-refractivity contribution in [3.05, 3.63) is 58.1 Å². The molecule has 0 fully saturated rings. The number of hydrogen-bond donors (Lipinski definition) is 0. The quantitative estimate of drug-likeness (QED) is 0.622. The molecule has 108 valence electrons. The van der Waals surface area contributed by atoms with Crippen LogP contribution >= 0.6 is 11.3 Å². The Morgan fingerprint density at radius 2 is 2.33 bits per heavy atom. The monoisotopic (exact) mass is 299 g/mol. The summed E-state index contributed by atoms with van der Waals surface area (Å²) in [6.45, 7) is 0.477. The molecule has 0 amide bonds. The molecule has 3 rings (SSSR count). The minimum absolute atomic E-state index is 0.283. The number of carbonyl (C=O) groups is 1. The van der Waals surface area contributed by atoms with Gasteiger partial charge in [0.05, 0.1) is 12.1 Å². The van der Waals surface area contributed by atoms with Crippen LogP contribution in [-0.2, 0) is 16.0 Å². The van der Waals surface area contributed by atoms with Gasteiger partial charge in [-0.3, -0.25) is 4.98 Å². The minimum atomic E-state index is -0.283. The molecule has 0 aliphatic heterocycles. The second kappa shape index (κ2) is 6.68. The molecule has 1 aliphatic rings. The molecular formula is C17H17NO2S. The van der Waals surface area contributed by atoms with Crippen LogP contribution in [-0.4, -0.2) is 17.6 Å². The second-order valence-electron chi connectivity index (χ2n) is 5.13. The Morgan fingerprint density at radius 1 is 1.43 bits per heavy atom. The number of nitrogens with zero attached hydrogens (tertiary/aromatic N) is 1. The Labute approximate surface area is 128 Å². The maximum Gasteiger partial charge on any atom is 0.330 e. The zero-order chi connectivity index (χ0) is 14.5. The van der Waals surface area contributed by atoms with Gasteiger partial charge in [0, 0.05) is 17.2 Å². The zero-order valence-electron chi connectivity index (χ0n) is 11.7. The van der Waals surface area contributed by atoms with Gasteiger partial charge in [-0.15, -0.1) is 11.3 Å². The predicted molar refractivity (Wildman–Crippen MR) is 84.2 cm³/mol. The van der Waals surface area contributed by atoms with Crippen molar-refractivity contribution in [1.82, 2.24) is 4.98 Å². The maximum atomic E-state index is 11.6. The number of esters is 1.